The molecule has 0 aliphatic carbocycles. The second kappa shape index (κ2) is 8.40. The summed E-state index contributed by atoms with van der Waals surface area (Å²) in [7, 11) is 0. The molecule has 0 spiro atoms. The van der Waals surface area contributed by atoms with Crippen molar-refractivity contribution in [1.82, 2.24) is 15.8 Å². The minimum Gasteiger partial charge on any atom is -0.275 e. The maximum atomic E-state index is 12.7. The van der Waals surface area contributed by atoms with Crippen LogP contribution in [0.1, 0.15) is 18.0 Å². The van der Waals surface area contributed by atoms with Gasteiger partial charge in [0.1, 0.15) is 12.3 Å². The first-order valence-corrected chi connectivity index (χ1v) is 10.6. The van der Waals surface area contributed by atoms with Crippen molar-refractivity contribution in [2.45, 2.75) is 12.5 Å². The molecule has 0 bridgehead atoms. The van der Waals surface area contributed by atoms with Gasteiger partial charge in [-0.1, -0.05) is 35.3 Å². The predicted molar refractivity (Wildman–Crippen MR) is 121 cm³/mol. The lowest BCUT2D eigenvalue weighted by molar-refractivity contribution is -0.120. The molecule has 0 aromatic heterocycles. The highest BCUT2D eigenvalue weighted by Crippen LogP contribution is 2.39. The number of halogens is 3. The lowest BCUT2D eigenvalue weighted by Crippen LogP contribution is -2.46. The van der Waals surface area contributed by atoms with E-state index in [1.807, 2.05) is 24.3 Å². The first-order chi connectivity index (χ1) is 14.3. The van der Waals surface area contributed by atoms with E-state index in [0.29, 0.717) is 15.7 Å². The van der Waals surface area contributed by atoms with Crippen molar-refractivity contribution in [2.24, 2.45) is 5.10 Å². The lowest BCUT2D eigenvalue weighted by atomic mass is 10.0. The minimum atomic E-state index is -0.682. The molecule has 1 unspecified atom stereocenters. The fraction of sp³-hybridized carbons (Fsp3) is 0.158. The Kier molecular flexibility index (Phi) is 5.85. The van der Waals surface area contributed by atoms with Crippen molar-refractivity contribution in [3.8, 4) is 0 Å². The average Bonchev–Trinajstić information content (AvgIpc) is 3.26. The zero-order valence-corrected chi connectivity index (χ0v) is 18.9. The molecule has 2 aliphatic rings. The van der Waals surface area contributed by atoms with Crippen LogP contribution in [0.3, 0.4) is 0 Å². The van der Waals surface area contributed by atoms with Gasteiger partial charge < -0.3 is 0 Å². The van der Waals surface area contributed by atoms with Gasteiger partial charge in [0.05, 0.1) is 16.8 Å². The van der Waals surface area contributed by atoms with E-state index in [4.69, 9.17) is 23.2 Å². The van der Waals surface area contributed by atoms with Gasteiger partial charge in [-0.3, -0.25) is 25.3 Å². The number of carbonyl (C=O) groups is 3. The van der Waals surface area contributed by atoms with E-state index in [1.54, 1.807) is 23.2 Å². The van der Waals surface area contributed by atoms with E-state index in [0.717, 1.165) is 14.1 Å². The van der Waals surface area contributed by atoms with Crippen LogP contribution in [0.4, 0.5) is 10.5 Å². The van der Waals surface area contributed by atoms with Crippen LogP contribution < -0.4 is 15.8 Å². The van der Waals surface area contributed by atoms with Crippen LogP contribution in [0.25, 0.3) is 0 Å². The molecule has 2 aliphatic heterocycles. The first kappa shape index (κ1) is 20.9. The molecule has 11 heteroatoms. The summed E-state index contributed by atoms with van der Waals surface area (Å²) >= 11 is 14.6. The van der Waals surface area contributed by atoms with E-state index < -0.39 is 17.8 Å². The molecule has 2 aromatic carbocycles. The van der Waals surface area contributed by atoms with Crippen LogP contribution in [0.15, 0.2) is 47.6 Å². The Labute approximate surface area is 195 Å². The van der Waals surface area contributed by atoms with Crippen LogP contribution in [0, 0.1) is 3.57 Å². The van der Waals surface area contributed by atoms with Gasteiger partial charge in [-0.2, -0.15) is 5.10 Å². The second-order valence-corrected chi connectivity index (χ2v) is 8.73. The molecule has 30 heavy (non-hydrogen) atoms. The van der Waals surface area contributed by atoms with E-state index in [9.17, 15) is 14.4 Å². The third-order valence-electron chi connectivity index (χ3n) is 4.61. The number of hydrogen-bond acceptors (Lipinski definition) is 5. The highest BCUT2D eigenvalue weighted by molar-refractivity contribution is 14.1. The SMILES string of the molecule is O=C1CN(NC(=O)C2=NN(c3ccc(Cl)cc3Cl)C(c3ccc(I)cc3)C2)C(=O)N1. The van der Waals surface area contributed by atoms with Crippen molar-refractivity contribution >= 4 is 75.0 Å². The molecular weight excluding hydrogens is 544 g/mol. The highest BCUT2D eigenvalue weighted by atomic mass is 127. The summed E-state index contributed by atoms with van der Waals surface area (Å²) in [5.74, 6) is -1.05. The number of imide groups is 1. The Morgan fingerprint density at radius 3 is 2.53 bits per heavy atom. The molecule has 2 N–H and O–H groups in total. The molecule has 1 saturated heterocycles. The molecule has 4 rings (SSSR count). The number of hydrazine groups is 1. The molecule has 154 valence electrons. The molecule has 2 heterocycles. The largest absolute Gasteiger partial charge is 0.343 e. The molecule has 4 amide bonds. The van der Waals surface area contributed by atoms with E-state index in [2.05, 4.69) is 38.4 Å². The van der Waals surface area contributed by atoms with Crippen LogP contribution in [0.2, 0.25) is 10.0 Å². The maximum absolute atomic E-state index is 12.7. The van der Waals surface area contributed by atoms with Crippen molar-refractivity contribution in [1.29, 1.82) is 0 Å². The fourth-order valence-corrected chi connectivity index (χ4v) is 4.05. The van der Waals surface area contributed by atoms with Crippen LogP contribution in [0.5, 0.6) is 0 Å². The molecule has 0 radical (unpaired) electrons. The number of urea groups is 1. The third-order valence-corrected chi connectivity index (χ3v) is 5.87. The minimum absolute atomic E-state index is 0.205. The number of nitrogens with zero attached hydrogens (tertiary/aromatic N) is 3. The molecule has 2 aromatic rings. The van der Waals surface area contributed by atoms with Gasteiger partial charge >= 0.3 is 6.03 Å². The fourth-order valence-electron chi connectivity index (χ4n) is 3.20. The number of hydrogen-bond donors (Lipinski definition) is 2. The van der Waals surface area contributed by atoms with E-state index in [1.165, 1.54) is 0 Å². The number of hydrazone groups is 1. The summed E-state index contributed by atoms with van der Waals surface area (Å²) in [6.07, 6.45) is 0.286. The maximum Gasteiger partial charge on any atom is 0.343 e. The first-order valence-electron chi connectivity index (χ1n) is 8.81. The summed E-state index contributed by atoms with van der Waals surface area (Å²) in [5, 5.41) is 10.1. The van der Waals surface area contributed by atoms with Crippen LogP contribution >= 0.6 is 45.8 Å². The van der Waals surface area contributed by atoms with Gasteiger partial charge in [0.2, 0.25) is 5.91 Å². The second-order valence-electron chi connectivity index (χ2n) is 6.64. The lowest BCUT2D eigenvalue weighted by Gasteiger charge is -2.25. The summed E-state index contributed by atoms with van der Waals surface area (Å²) < 4.78 is 1.08. The molecule has 1 fully saturated rings. The molecule has 8 nitrogen and oxygen atoms in total. The van der Waals surface area contributed by atoms with E-state index in [-0.39, 0.29) is 24.7 Å². The van der Waals surface area contributed by atoms with Gasteiger partial charge in [-0.15, -0.1) is 0 Å². The quantitative estimate of drug-likeness (QED) is 0.444. The Morgan fingerprint density at radius 1 is 1.17 bits per heavy atom. The number of rotatable bonds is 4. The number of nitrogens with one attached hydrogen (secondary N) is 2. The summed E-state index contributed by atoms with van der Waals surface area (Å²) in [5.41, 5.74) is 4.18. The normalized spacial score (nSPS) is 18.5. The standard InChI is InChI=1S/C19H14Cl2IN5O3/c20-11-3-6-15(13(21)7-11)27-16(10-1-4-12(22)5-2-10)8-14(24-27)18(29)25-26-9-17(28)23-19(26)30/h1-7,16H,8-9H2,(H,25,29)(H,23,28,30). The van der Waals surface area contributed by atoms with Gasteiger partial charge in [-0.25, -0.2) is 9.80 Å². The van der Waals surface area contributed by atoms with Gasteiger partial charge in [0.25, 0.3) is 5.91 Å². The predicted octanol–water partition coefficient (Wildman–Crippen LogP) is 3.49. The number of anilines is 1. The number of carbonyl (C=O) groups excluding carboxylic acids is 3. The van der Waals surface area contributed by atoms with Gasteiger partial charge in [0.15, 0.2) is 0 Å². The average molecular weight is 558 g/mol. The molecular formula is C19H14Cl2IN5O3. The van der Waals surface area contributed by atoms with Crippen molar-refractivity contribution in [3.63, 3.8) is 0 Å². The topological polar surface area (TPSA) is 94.1 Å². The Bertz CT molecular complexity index is 1080. The smallest absolute Gasteiger partial charge is 0.275 e. The van der Waals surface area contributed by atoms with Crippen molar-refractivity contribution < 1.29 is 14.4 Å². The monoisotopic (exact) mass is 557 g/mol. The summed E-state index contributed by atoms with van der Waals surface area (Å²) in [4.78, 5) is 35.8. The Balaban J connectivity index is 1.64. The van der Waals surface area contributed by atoms with Crippen LogP contribution in [-0.2, 0) is 9.59 Å². The summed E-state index contributed by atoms with van der Waals surface area (Å²) in [6, 6.07) is 11.9. The molecule has 0 saturated carbocycles. The highest BCUT2D eigenvalue weighted by Gasteiger charge is 2.35. The van der Waals surface area contributed by atoms with E-state index >= 15 is 0 Å². The van der Waals surface area contributed by atoms with Gasteiger partial charge in [-0.05, 0) is 58.5 Å². The van der Waals surface area contributed by atoms with Crippen molar-refractivity contribution in [2.75, 3.05) is 11.6 Å². The van der Waals surface area contributed by atoms with Crippen molar-refractivity contribution in [3.05, 3.63) is 61.6 Å². The zero-order chi connectivity index (χ0) is 21.4. The number of amides is 4. The third kappa shape index (κ3) is 4.23. The van der Waals surface area contributed by atoms with Gasteiger partial charge in [0, 0.05) is 15.0 Å². The summed E-state index contributed by atoms with van der Waals surface area (Å²) in [6.45, 7) is -0.245. The zero-order valence-electron chi connectivity index (χ0n) is 15.2. The molecule has 1 atom stereocenters. The Morgan fingerprint density at radius 2 is 1.90 bits per heavy atom. The Hall–Kier alpha value is -2.37. The number of benzene rings is 2. The van der Waals surface area contributed by atoms with Crippen LogP contribution in [-0.4, -0.2) is 35.1 Å².